The Morgan fingerprint density at radius 1 is 1.00 bits per heavy atom. The summed E-state index contributed by atoms with van der Waals surface area (Å²) in [5, 5.41) is 2.84. The summed E-state index contributed by atoms with van der Waals surface area (Å²) in [6, 6.07) is 10.6. The Labute approximate surface area is 178 Å². The fourth-order valence-corrected chi connectivity index (χ4v) is 5.85. The average Bonchev–Trinajstić information content (AvgIpc) is 3.23. The van der Waals surface area contributed by atoms with Crippen LogP contribution in [0.25, 0.3) is 0 Å². The highest BCUT2D eigenvalue weighted by Crippen LogP contribution is 2.25. The normalized spacial score (nSPS) is 16.4. The third-order valence-electron chi connectivity index (χ3n) is 5.29. The lowest BCUT2D eigenvalue weighted by atomic mass is 10.1. The van der Waals surface area contributed by atoms with Crippen LogP contribution in [0.2, 0.25) is 0 Å². The Kier molecular flexibility index (Phi) is 6.35. The van der Waals surface area contributed by atoms with Gasteiger partial charge < -0.3 is 5.32 Å². The van der Waals surface area contributed by atoms with E-state index in [0.717, 1.165) is 24.7 Å². The molecule has 0 bridgehead atoms. The minimum Gasteiger partial charge on any atom is -0.346 e. The van der Waals surface area contributed by atoms with Gasteiger partial charge in [0.1, 0.15) is 0 Å². The fraction of sp³-hybridized carbons (Fsp3) is 0.381. The summed E-state index contributed by atoms with van der Waals surface area (Å²) >= 11 is 0. The van der Waals surface area contributed by atoms with Gasteiger partial charge in [-0.25, -0.2) is 16.8 Å². The largest absolute Gasteiger partial charge is 0.346 e. The SMILES string of the molecule is Cc1ccc(C(=O)NC(C)c2ccc(S(C)(=O)=O)cc2)cc1S(=O)(=O)N1CCCC1. The van der Waals surface area contributed by atoms with E-state index in [0.29, 0.717) is 18.7 Å². The number of benzene rings is 2. The minimum atomic E-state index is -3.63. The van der Waals surface area contributed by atoms with Gasteiger partial charge in [0.05, 0.1) is 15.8 Å². The van der Waals surface area contributed by atoms with Gasteiger partial charge in [-0.2, -0.15) is 4.31 Å². The second-order valence-electron chi connectivity index (χ2n) is 7.63. The summed E-state index contributed by atoms with van der Waals surface area (Å²) < 4.78 is 50.5. The van der Waals surface area contributed by atoms with Gasteiger partial charge in [-0.3, -0.25) is 4.79 Å². The Hall–Kier alpha value is -2.23. The van der Waals surface area contributed by atoms with Gasteiger partial charge in [0.25, 0.3) is 5.91 Å². The molecule has 1 atom stereocenters. The summed E-state index contributed by atoms with van der Waals surface area (Å²) in [7, 11) is -6.92. The molecule has 162 valence electrons. The molecular weight excluding hydrogens is 424 g/mol. The lowest BCUT2D eigenvalue weighted by molar-refractivity contribution is 0.0939. The standard InChI is InChI=1S/C21H26N2O5S2/c1-15-6-7-18(14-20(15)30(27,28)23-12-4-5-13-23)21(24)22-16(2)17-8-10-19(11-9-17)29(3,25)26/h6-11,14,16H,4-5,12-13H2,1-3H3,(H,22,24). The summed E-state index contributed by atoms with van der Waals surface area (Å²) in [6.45, 7) is 4.50. The van der Waals surface area contributed by atoms with E-state index in [9.17, 15) is 21.6 Å². The van der Waals surface area contributed by atoms with Crippen molar-refractivity contribution >= 4 is 25.8 Å². The molecule has 0 radical (unpaired) electrons. The predicted molar refractivity (Wildman–Crippen MR) is 115 cm³/mol. The number of aryl methyl sites for hydroxylation is 1. The molecule has 9 heteroatoms. The van der Waals surface area contributed by atoms with E-state index < -0.39 is 25.8 Å². The van der Waals surface area contributed by atoms with Crippen LogP contribution in [0, 0.1) is 6.92 Å². The molecule has 0 spiro atoms. The van der Waals surface area contributed by atoms with Crippen LogP contribution in [0.1, 0.15) is 47.3 Å². The van der Waals surface area contributed by atoms with Gasteiger partial charge in [0.2, 0.25) is 10.0 Å². The van der Waals surface area contributed by atoms with Crippen LogP contribution in [-0.2, 0) is 19.9 Å². The van der Waals surface area contributed by atoms with E-state index >= 15 is 0 Å². The third-order valence-corrected chi connectivity index (χ3v) is 8.46. The number of nitrogens with one attached hydrogen (secondary N) is 1. The molecule has 3 rings (SSSR count). The highest BCUT2D eigenvalue weighted by molar-refractivity contribution is 7.90. The number of hydrogen-bond acceptors (Lipinski definition) is 5. The molecule has 1 unspecified atom stereocenters. The number of carbonyl (C=O) groups excluding carboxylic acids is 1. The van der Waals surface area contributed by atoms with Crippen molar-refractivity contribution in [2.75, 3.05) is 19.3 Å². The van der Waals surface area contributed by atoms with Crippen LogP contribution < -0.4 is 5.32 Å². The van der Waals surface area contributed by atoms with E-state index in [2.05, 4.69) is 5.32 Å². The first-order valence-corrected chi connectivity index (χ1v) is 13.0. The molecule has 1 aliphatic rings. The maximum absolute atomic E-state index is 12.9. The molecule has 0 aromatic heterocycles. The highest BCUT2D eigenvalue weighted by Gasteiger charge is 2.29. The zero-order valence-electron chi connectivity index (χ0n) is 17.3. The fourth-order valence-electron chi connectivity index (χ4n) is 3.45. The summed E-state index contributed by atoms with van der Waals surface area (Å²) in [5.74, 6) is -0.396. The third kappa shape index (κ3) is 4.74. The number of rotatable bonds is 6. The Morgan fingerprint density at radius 3 is 2.17 bits per heavy atom. The van der Waals surface area contributed by atoms with Gasteiger partial charge in [-0.05, 0) is 62.1 Å². The van der Waals surface area contributed by atoms with Crippen molar-refractivity contribution < 1.29 is 21.6 Å². The molecule has 7 nitrogen and oxygen atoms in total. The molecule has 1 aliphatic heterocycles. The molecule has 0 saturated carbocycles. The smallest absolute Gasteiger partial charge is 0.251 e. The van der Waals surface area contributed by atoms with Crippen molar-refractivity contribution in [3.05, 3.63) is 59.2 Å². The topological polar surface area (TPSA) is 101 Å². The van der Waals surface area contributed by atoms with Crippen LogP contribution in [0.5, 0.6) is 0 Å². The maximum Gasteiger partial charge on any atom is 0.251 e. The summed E-state index contributed by atoms with van der Waals surface area (Å²) in [4.78, 5) is 13.1. The van der Waals surface area contributed by atoms with Crippen molar-refractivity contribution in [2.45, 2.75) is 42.5 Å². The molecule has 1 saturated heterocycles. The number of nitrogens with zero attached hydrogens (tertiary/aromatic N) is 1. The van der Waals surface area contributed by atoms with Crippen LogP contribution in [0.3, 0.4) is 0 Å². The van der Waals surface area contributed by atoms with Crippen molar-refractivity contribution in [3.63, 3.8) is 0 Å². The van der Waals surface area contributed by atoms with Crippen LogP contribution >= 0.6 is 0 Å². The van der Waals surface area contributed by atoms with Gasteiger partial charge in [-0.1, -0.05) is 18.2 Å². The van der Waals surface area contributed by atoms with E-state index in [4.69, 9.17) is 0 Å². The number of amides is 1. The van der Waals surface area contributed by atoms with Gasteiger partial charge in [0, 0.05) is 24.9 Å². The Bertz CT molecular complexity index is 1150. The summed E-state index contributed by atoms with van der Waals surface area (Å²) in [5.41, 5.74) is 1.61. The number of carbonyl (C=O) groups is 1. The maximum atomic E-state index is 12.9. The Balaban J connectivity index is 1.80. The molecule has 30 heavy (non-hydrogen) atoms. The monoisotopic (exact) mass is 450 g/mol. The van der Waals surface area contributed by atoms with Gasteiger partial charge >= 0.3 is 0 Å². The second-order valence-corrected chi connectivity index (χ2v) is 11.5. The molecule has 0 aliphatic carbocycles. The first-order valence-electron chi connectivity index (χ1n) is 9.72. The lowest BCUT2D eigenvalue weighted by Gasteiger charge is -2.19. The van der Waals surface area contributed by atoms with Crippen molar-refractivity contribution in [3.8, 4) is 0 Å². The van der Waals surface area contributed by atoms with Crippen molar-refractivity contribution in [1.29, 1.82) is 0 Å². The van der Waals surface area contributed by atoms with E-state index in [1.165, 1.54) is 22.5 Å². The first-order chi connectivity index (χ1) is 14.0. The molecule has 1 heterocycles. The molecular formula is C21H26N2O5S2. The molecule has 2 aromatic carbocycles. The summed E-state index contributed by atoms with van der Waals surface area (Å²) in [6.07, 6.45) is 2.82. The van der Waals surface area contributed by atoms with Gasteiger partial charge in [0.15, 0.2) is 9.84 Å². The second kappa shape index (κ2) is 8.49. The lowest BCUT2D eigenvalue weighted by Crippen LogP contribution is -2.30. The van der Waals surface area contributed by atoms with Crippen LogP contribution in [-0.4, -0.2) is 46.4 Å². The van der Waals surface area contributed by atoms with Crippen molar-refractivity contribution in [2.24, 2.45) is 0 Å². The number of hydrogen-bond donors (Lipinski definition) is 1. The number of sulfone groups is 1. The quantitative estimate of drug-likeness (QED) is 0.729. The van der Waals surface area contributed by atoms with Crippen molar-refractivity contribution in [1.82, 2.24) is 9.62 Å². The van der Waals surface area contributed by atoms with E-state index in [1.54, 1.807) is 38.1 Å². The average molecular weight is 451 g/mol. The van der Waals surface area contributed by atoms with Crippen LogP contribution in [0.4, 0.5) is 0 Å². The molecule has 1 amide bonds. The zero-order valence-corrected chi connectivity index (χ0v) is 18.9. The van der Waals surface area contributed by atoms with Crippen LogP contribution in [0.15, 0.2) is 52.3 Å². The molecule has 1 fully saturated rings. The molecule has 2 aromatic rings. The zero-order chi connectivity index (χ0) is 22.1. The highest BCUT2D eigenvalue weighted by atomic mass is 32.2. The first kappa shape index (κ1) is 22.5. The predicted octanol–water partition coefficient (Wildman–Crippen LogP) is 2.67. The minimum absolute atomic E-state index is 0.155. The van der Waals surface area contributed by atoms with E-state index in [-0.39, 0.29) is 21.4 Å². The van der Waals surface area contributed by atoms with E-state index in [1.807, 2.05) is 0 Å². The molecule has 1 N–H and O–H groups in total. The van der Waals surface area contributed by atoms with Gasteiger partial charge in [-0.15, -0.1) is 0 Å². The Morgan fingerprint density at radius 2 is 1.60 bits per heavy atom. The number of sulfonamides is 1.